The van der Waals surface area contributed by atoms with Gasteiger partial charge in [-0.1, -0.05) is 11.2 Å². The Morgan fingerprint density at radius 2 is 2.05 bits per heavy atom. The van der Waals surface area contributed by atoms with Crippen molar-refractivity contribution in [2.24, 2.45) is 0 Å². The Morgan fingerprint density at radius 1 is 1.29 bits per heavy atom. The van der Waals surface area contributed by atoms with E-state index in [1.54, 1.807) is 25.1 Å². The molecule has 0 fully saturated rings. The van der Waals surface area contributed by atoms with E-state index in [-0.39, 0.29) is 5.76 Å². The second-order valence-corrected chi connectivity index (χ2v) is 4.53. The van der Waals surface area contributed by atoms with E-state index >= 15 is 0 Å². The number of carboxylic acids is 1. The lowest BCUT2D eigenvalue weighted by molar-refractivity contribution is -0.131. The monoisotopic (exact) mass is 286 g/mol. The largest absolute Gasteiger partial charge is 0.478 e. The van der Waals surface area contributed by atoms with Gasteiger partial charge in [0.15, 0.2) is 0 Å². The molecular weight excluding hydrogens is 272 g/mol. The van der Waals surface area contributed by atoms with Crippen molar-refractivity contribution in [1.82, 2.24) is 5.16 Å². The van der Waals surface area contributed by atoms with Gasteiger partial charge in [-0.3, -0.25) is 4.79 Å². The molecule has 2 rings (SSSR count). The first kappa shape index (κ1) is 14.5. The first-order chi connectivity index (χ1) is 9.95. The number of carbonyl (C=O) groups excluding carboxylic acids is 1. The number of nitrogens with one attached hydrogen (secondary N) is 1. The highest BCUT2D eigenvalue weighted by atomic mass is 16.5. The van der Waals surface area contributed by atoms with Crippen molar-refractivity contribution in [2.75, 3.05) is 5.32 Å². The molecular formula is C15H14N2O4. The second kappa shape index (κ2) is 6.04. The summed E-state index contributed by atoms with van der Waals surface area (Å²) in [6.45, 7) is 3.58. The molecule has 0 unspecified atom stereocenters. The number of nitrogens with zero attached hydrogens (tertiary/aromatic N) is 1. The summed E-state index contributed by atoms with van der Waals surface area (Å²) in [7, 11) is 0. The summed E-state index contributed by atoms with van der Waals surface area (Å²) in [4.78, 5) is 22.5. The topological polar surface area (TPSA) is 92.4 Å². The van der Waals surface area contributed by atoms with Crippen LogP contribution < -0.4 is 5.32 Å². The standard InChI is InChI=1S/C15H14N2O4/c1-9-3-5-12(8-11(9)4-6-14(18)19)16-15(20)13-7-10(2)17-21-13/h3-8H,1-2H3,(H,16,20)(H,18,19). The minimum absolute atomic E-state index is 0.121. The summed E-state index contributed by atoms with van der Waals surface area (Å²) < 4.78 is 4.88. The van der Waals surface area contributed by atoms with Crippen molar-refractivity contribution in [3.63, 3.8) is 0 Å². The summed E-state index contributed by atoms with van der Waals surface area (Å²) in [5.74, 6) is -1.32. The SMILES string of the molecule is Cc1cc(C(=O)Nc2ccc(C)c(C=CC(=O)O)c2)on1. The normalized spacial score (nSPS) is 10.8. The molecule has 1 amide bonds. The van der Waals surface area contributed by atoms with Crippen LogP contribution in [0.5, 0.6) is 0 Å². The fourth-order valence-corrected chi connectivity index (χ4v) is 1.72. The van der Waals surface area contributed by atoms with Crippen LogP contribution in [0.3, 0.4) is 0 Å². The minimum Gasteiger partial charge on any atom is -0.478 e. The maximum absolute atomic E-state index is 11.9. The number of aromatic nitrogens is 1. The van der Waals surface area contributed by atoms with E-state index in [1.165, 1.54) is 12.1 Å². The molecule has 0 radical (unpaired) electrons. The van der Waals surface area contributed by atoms with E-state index in [4.69, 9.17) is 9.63 Å². The Hall–Kier alpha value is -2.89. The molecule has 1 aromatic carbocycles. The molecule has 1 heterocycles. The summed E-state index contributed by atoms with van der Waals surface area (Å²) in [6, 6.07) is 6.75. The Labute approximate surface area is 121 Å². The van der Waals surface area contributed by atoms with Gasteiger partial charge in [-0.25, -0.2) is 4.79 Å². The molecule has 6 nitrogen and oxygen atoms in total. The van der Waals surface area contributed by atoms with Gasteiger partial charge < -0.3 is 14.9 Å². The van der Waals surface area contributed by atoms with Crippen LogP contribution in [0.2, 0.25) is 0 Å². The zero-order valence-electron chi connectivity index (χ0n) is 11.6. The Kier molecular flexibility index (Phi) is 4.18. The Balaban J connectivity index is 2.19. The first-order valence-electron chi connectivity index (χ1n) is 6.22. The average Bonchev–Trinajstić information content (AvgIpc) is 2.86. The maximum atomic E-state index is 11.9. The maximum Gasteiger partial charge on any atom is 0.328 e. The van der Waals surface area contributed by atoms with Gasteiger partial charge in [0, 0.05) is 17.8 Å². The highest BCUT2D eigenvalue weighted by Crippen LogP contribution is 2.18. The van der Waals surface area contributed by atoms with E-state index < -0.39 is 11.9 Å². The van der Waals surface area contributed by atoms with Gasteiger partial charge in [-0.05, 0) is 43.2 Å². The molecule has 0 aliphatic carbocycles. The molecule has 0 aliphatic heterocycles. The molecule has 108 valence electrons. The number of carboxylic acid groups (broad SMARTS) is 1. The van der Waals surface area contributed by atoms with Crippen LogP contribution >= 0.6 is 0 Å². The minimum atomic E-state index is -1.03. The van der Waals surface area contributed by atoms with Crippen molar-refractivity contribution in [3.8, 4) is 0 Å². The molecule has 0 spiro atoms. The zero-order chi connectivity index (χ0) is 15.4. The lowest BCUT2D eigenvalue weighted by Crippen LogP contribution is -2.11. The number of hydrogen-bond donors (Lipinski definition) is 2. The number of aliphatic carboxylic acids is 1. The molecule has 2 N–H and O–H groups in total. The van der Waals surface area contributed by atoms with Crippen LogP contribution in [0.15, 0.2) is 34.9 Å². The first-order valence-corrected chi connectivity index (χ1v) is 6.22. The number of anilines is 1. The molecule has 6 heteroatoms. The van der Waals surface area contributed by atoms with Crippen molar-refractivity contribution in [3.05, 3.63) is 52.9 Å². The highest BCUT2D eigenvalue weighted by Gasteiger charge is 2.12. The number of hydrogen-bond acceptors (Lipinski definition) is 4. The Morgan fingerprint density at radius 3 is 2.67 bits per heavy atom. The predicted molar refractivity (Wildman–Crippen MR) is 77.0 cm³/mol. The predicted octanol–water partition coefficient (Wildman–Crippen LogP) is 2.64. The van der Waals surface area contributed by atoms with E-state index in [1.807, 2.05) is 6.92 Å². The Bertz CT molecular complexity index is 716. The molecule has 0 saturated heterocycles. The van der Waals surface area contributed by atoms with E-state index in [9.17, 15) is 9.59 Å². The van der Waals surface area contributed by atoms with Crippen molar-refractivity contribution < 1.29 is 19.2 Å². The molecule has 0 aliphatic rings. The highest BCUT2D eigenvalue weighted by molar-refractivity contribution is 6.02. The fraction of sp³-hybridized carbons (Fsp3) is 0.133. The van der Waals surface area contributed by atoms with E-state index in [0.717, 1.165) is 11.6 Å². The number of amides is 1. The molecule has 0 bridgehead atoms. The number of aryl methyl sites for hydroxylation is 2. The third-order valence-corrected chi connectivity index (χ3v) is 2.79. The lowest BCUT2D eigenvalue weighted by Gasteiger charge is -2.06. The smallest absolute Gasteiger partial charge is 0.328 e. The van der Waals surface area contributed by atoms with Crippen LogP contribution in [-0.2, 0) is 4.79 Å². The number of rotatable bonds is 4. The molecule has 0 saturated carbocycles. The van der Waals surface area contributed by atoms with Gasteiger partial charge in [-0.15, -0.1) is 0 Å². The number of carbonyl (C=O) groups is 2. The third kappa shape index (κ3) is 3.79. The van der Waals surface area contributed by atoms with E-state index in [2.05, 4.69) is 10.5 Å². The molecule has 21 heavy (non-hydrogen) atoms. The van der Waals surface area contributed by atoms with E-state index in [0.29, 0.717) is 16.9 Å². The van der Waals surface area contributed by atoms with Crippen LogP contribution in [0.4, 0.5) is 5.69 Å². The van der Waals surface area contributed by atoms with Crippen LogP contribution in [-0.4, -0.2) is 22.1 Å². The van der Waals surface area contributed by atoms with Crippen LogP contribution in [0.1, 0.15) is 27.4 Å². The molecule has 0 atom stereocenters. The zero-order valence-corrected chi connectivity index (χ0v) is 11.6. The van der Waals surface area contributed by atoms with Gasteiger partial charge in [0.1, 0.15) is 0 Å². The fourth-order valence-electron chi connectivity index (χ4n) is 1.72. The molecule has 1 aromatic heterocycles. The van der Waals surface area contributed by atoms with Gasteiger partial charge >= 0.3 is 5.97 Å². The second-order valence-electron chi connectivity index (χ2n) is 4.53. The molecule has 2 aromatic rings. The summed E-state index contributed by atoms with van der Waals surface area (Å²) in [6.07, 6.45) is 2.53. The van der Waals surface area contributed by atoms with Crippen molar-refractivity contribution >= 4 is 23.6 Å². The quantitative estimate of drug-likeness (QED) is 0.843. The summed E-state index contributed by atoms with van der Waals surface area (Å²) in [5, 5.41) is 15.0. The number of benzene rings is 1. The van der Waals surface area contributed by atoms with Crippen molar-refractivity contribution in [1.29, 1.82) is 0 Å². The summed E-state index contributed by atoms with van der Waals surface area (Å²) in [5.41, 5.74) is 2.78. The van der Waals surface area contributed by atoms with Gasteiger partial charge in [-0.2, -0.15) is 0 Å². The van der Waals surface area contributed by atoms with Gasteiger partial charge in [0.2, 0.25) is 5.76 Å². The van der Waals surface area contributed by atoms with Crippen LogP contribution in [0, 0.1) is 13.8 Å². The average molecular weight is 286 g/mol. The summed E-state index contributed by atoms with van der Waals surface area (Å²) >= 11 is 0. The van der Waals surface area contributed by atoms with Crippen LogP contribution in [0.25, 0.3) is 6.08 Å². The van der Waals surface area contributed by atoms with Gasteiger partial charge in [0.05, 0.1) is 5.69 Å². The third-order valence-electron chi connectivity index (χ3n) is 2.79. The lowest BCUT2D eigenvalue weighted by atomic mass is 10.1. The van der Waals surface area contributed by atoms with Crippen molar-refractivity contribution in [2.45, 2.75) is 13.8 Å². The van der Waals surface area contributed by atoms with Gasteiger partial charge in [0.25, 0.3) is 5.91 Å².